The van der Waals surface area contributed by atoms with Crippen LogP contribution in [0, 0.1) is 5.82 Å². The van der Waals surface area contributed by atoms with E-state index in [1.54, 1.807) is 0 Å². The molecule has 2 fully saturated rings. The number of nitrogens with zero attached hydrogens (tertiary/aromatic N) is 2. The van der Waals surface area contributed by atoms with Crippen LogP contribution in [-0.4, -0.2) is 55.1 Å². The number of nitrogens with one attached hydrogen (secondary N) is 1. The van der Waals surface area contributed by atoms with Crippen LogP contribution in [0.3, 0.4) is 0 Å². The Morgan fingerprint density at radius 1 is 1.12 bits per heavy atom. The van der Waals surface area contributed by atoms with Crippen LogP contribution in [0.1, 0.15) is 17.5 Å². The van der Waals surface area contributed by atoms with Gasteiger partial charge in [0, 0.05) is 57.4 Å². The molecule has 0 spiro atoms. The van der Waals surface area contributed by atoms with Gasteiger partial charge in [-0.1, -0.05) is 0 Å². The number of rotatable bonds is 3. The number of benzene rings is 1. The predicted molar refractivity (Wildman–Crippen MR) is 86.8 cm³/mol. The molecule has 1 atom stereocenters. The molecule has 0 saturated carbocycles. The van der Waals surface area contributed by atoms with Crippen molar-refractivity contribution in [2.45, 2.75) is 25.2 Å². The zero-order chi connectivity index (χ0) is 16.4. The quantitative estimate of drug-likeness (QED) is 0.829. The molecule has 136 valence electrons. The lowest BCUT2D eigenvalue weighted by Crippen LogP contribution is -2.49. The molecule has 0 aliphatic carbocycles. The van der Waals surface area contributed by atoms with E-state index in [1.165, 1.54) is 0 Å². The van der Waals surface area contributed by atoms with E-state index in [4.69, 9.17) is 0 Å². The van der Waals surface area contributed by atoms with Gasteiger partial charge in [-0.25, -0.2) is 4.39 Å². The normalized spacial score (nSPS) is 23.2. The summed E-state index contributed by atoms with van der Waals surface area (Å²) in [4.78, 5) is 4.46. The Labute approximate surface area is 145 Å². The van der Waals surface area contributed by atoms with E-state index in [1.807, 2.05) is 4.90 Å². The van der Waals surface area contributed by atoms with Gasteiger partial charge in [0.2, 0.25) is 0 Å². The Morgan fingerprint density at radius 2 is 1.83 bits per heavy atom. The summed E-state index contributed by atoms with van der Waals surface area (Å²) in [5.74, 6) is -0.566. The minimum absolute atomic E-state index is 0. The monoisotopic (exact) mass is 367 g/mol. The first-order chi connectivity index (χ1) is 10.9. The summed E-state index contributed by atoms with van der Waals surface area (Å²) >= 11 is 0. The number of alkyl halides is 3. The summed E-state index contributed by atoms with van der Waals surface area (Å²) in [5, 5.41) is 3.31. The molecule has 2 heterocycles. The van der Waals surface area contributed by atoms with Gasteiger partial charge in [0.25, 0.3) is 0 Å². The van der Waals surface area contributed by atoms with Gasteiger partial charge in [0.1, 0.15) is 5.82 Å². The molecule has 3 rings (SSSR count). The second-order valence-corrected chi connectivity index (χ2v) is 6.27. The van der Waals surface area contributed by atoms with Crippen LogP contribution in [0.25, 0.3) is 0 Å². The molecule has 1 N–H and O–H groups in total. The Bertz CT molecular complexity index is 547. The van der Waals surface area contributed by atoms with Gasteiger partial charge in [-0.05, 0) is 24.6 Å². The summed E-state index contributed by atoms with van der Waals surface area (Å²) in [6.45, 7) is 5.75. The Kier molecular flexibility index (Phi) is 6.47. The van der Waals surface area contributed by atoms with E-state index < -0.39 is 17.6 Å². The number of hydrogen-bond acceptors (Lipinski definition) is 3. The highest BCUT2D eigenvalue weighted by Crippen LogP contribution is 2.31. The maximum atomic E-state index is 13.9. The SMILES string of the molecule is Cl.Fc1ccc(C(F)(F)F)cc1CN1CCC(N2CCNCC2)C1. The molecule has 1 aromatic carbocycles. The maximum Gasteiger partial charge on any atom is 0.416 e. The molecular formula is C16H22ClF4N3. The van der Waals surface area contributed by atoms with Gasteiger partial charge in [0.05, 0.1) is 5.56 Å². The van der Waals surface area contributed by atoms with Crippen LogP contribution in [-0.2, 0) is 12.7 Å². The average Bonchev–Trinajstić information content (AvgIpc) is 2.98. The zero-order valence-electron chi connectivity index (χ0n) is 13.3. The fraction of sp³-hybridized carbons (Fsp3) is 0.625. The molecule has 0 bridgehead atoms. The highest BCUT2D eigenvalue weighted by atomic mass is 35.5. The average molecular weight is 368 g/mol. The molecule has 2 aliphatic heterocycles. The highest BCUT2D eigenvalue weighted by Gasteiger charge is 2.32. The lowest BCUT2D eigenvalue weighted by Gasteiger charge is -2.32. The third-order valence-corrected chi connectivity index (χ3v) is 4.68. The van der Waals surface area contributed by atoms with Crippen LogP contribution < -0.4 is 5.32 Å². The molecule has 0 radical (unpaired) electrons. The Hall–Kier alpha value is -0.890. The van der Waals surface area contributed by atoms with E-state index in [-0.39, 0.29) is 24.5 Å². The summed E-state index contributed by atoms with van der Waals surface area (Å²) in [6, 6.07) is 3.08. The molecule has 0 aromatic heterocycles. The molecule has 8 heteroatoms. The van der Waals surface area contributed by atoms with Gasteiger partial charge in [0.15, 0.2) is 0 Å². The first kappa shape index (κ1) is 19.4. The van der Waals surface area contributed by atoms with Crippen molar-refractivity contribution >= 4 is 12.4 Å². The molecule has 24 heavy (non-hydrogen) atoms. The summed E-state index contributed by atoms with van der Waals surface area (Å²) in [5.41, 5.74) is -0.660. The van der Waals surface area contributed by atoms with Crippen molar-refractivity contribution in [2.24, 2.45) is 0 Å². The number of hydrogen-bond donors (Lipinski definition) is 1. The third kappa shape index (κ3) is 4.59. The fourth-order valence-electron chi connectivity index (χ4n) is 3.41. The fourth-order valence-corrected chi connectivity index (χ4v) is 3.41. The van der Waals surface area contributed by atoms with Gasteiger partial charge in [-0.3, -0.25) is 9.80 Å². The van der Waals surface area contributed by atoms with Crippen LogP contribution in [0.4, 0.5) is 17.6 Å². The molecule has 2 saturated heterocycles. The molecule has 3 nitrogen and oxygen atoms in total. The molecular weight excluding hydrogens is 346 g/mol. The third-order valence-electron chi connectivity index (χ3n) is 4.68. The summed E-state index contributed by atoms with van der Waals surface area (Å²) < 4.78 is 52.2. The van der Waals surface area contributed by atoms with E-state index in [9.17, 15) is 17.6 Å². The standard InChI is InChI=1S/C16H21F4N3.ClH/c17-15-2-1-13(16(18,19)20)9-12(15)10-22-6-3-14(11-22)23-7-4-21-5-8-23;/h1-2,9,14,21H,3-8,10-11H2;1H. The van der Waals surface area contributed by atoms with Gasteiger partial charge in [-0.2, -0.15) is 13.2 Å². The van der Waals surface area contributed by atoms with Crippen molar-refractivity contribution in [1.29, 1.82) is 0 Å². The lowest BCUT2D eigenvalue weighted by molar-refractivity contribution is -0.137. The van der Waals surface area contributed by atoms with E-state index in [2.05, 4.69) is 10.2 Å². The molecule has 2 aliphatic rings. The minimum Gasteiger partial charge on any atom is -0.314 e. The number of likely N-dealkylation sites (tertiary alicyclic amines) is 1. The predicted octanol–water partition coefficient (Wildman–Crippen LogP) is 2.75. The minimum atomic E-state index is -4.43. The van der Waals surface area contributed by atoms with Crippen LogP contribution in [0.15, 0.2) is 18.2 Å². The Balaban J connectivity index is 0.00000208. The van der Waals surface area contributed by atoms with Gasteiger partial charge < -0.3 is 5.32 Å². The molecule has 1 unspecified atom stereocenters. The van der Waals surface area contributed by atoms with Crippen molar-refractivity contribution in [3.05, 3.63) is 35.1 Å². The van der Waals surface area contributed by atoms with Crippen LogP contribution in [0.2, 0.25) is 0 Å². The number of halogens is 5. The molecule has 1 aromatic rings. The Morgan fingerprint density at radius 3 is 2.50 bits per heavy atom. The van der Waals surface area contributed by atoms with Crippen molar-refractivity contribution in [3.8, 4) is 0 Å². The molecule has 0 amide bonds. The van der Waals surface area contributed by atoms with Crippen molar-refractivity contribution in [1.82, 2.24) is 15.1 Å². The summed E-state index contributed by atoms with van der Waals surface area (Å²) in [7, 11) is 0. The smallest absolute Gasteiger partial charge is 0.314 e. The second-order valence-electron chi connectivity index (χ2n) is 6.27. The first-order valence-electron chi connectivity index (χ1n) is 7.96. The maximum absolute atomic E-state index is 13.9. The number of piperazine rings is 1. The van der Waals surface area contributed by atoms with Crippen LogP contribution in [0.5, 0.6) is 0 Å². The highest BCUT2D eigenvalue weighted by molar-refractivity contribution is 5.85. The first-order valence-corrected chi connectivity index (χ1v) is 7.96. The van der Waals surface area contributed by atoms with Crippen molar-refractivity contribution in [3.63, 3.8) is 0 Å². The van der Waals surface area contributed by atoms with Gasteiger partial charge in [-0.15, -0.1) is 12.4 Å². The topological polar surface area (TPSA) is 18.5 Å². The summed E-state index contributed by atoms with van der Waals surface area (Å²) in [6.07, 6.45) is -3.45. The van der Waals surface area contributed by atoms with E-state index in [0.29, 0.717) is 6.04 Å². The van der Waals surface area contributed by atoms with Crippen molar-refractivity contribution < 1.29 is 17.6 Å². The van der Waals surface area contributed by atoms with E-state index >= 15 is 0 Å². The van der Waals surface area contributed by atoms with Crippen molar-refractivity contribution in [2.75, 3.05) is 39.3 Å². The van der Waals surface area contributed by atoms with Gasteiger partial charge >= 0.3 is 6.18 Å². The zero-order valence-corrected chi connectivity index (χ0v) is 14.1. The van der Waals surface area contributed by atoms with E-state index in [0.717, 1.165) is 63.9 Å². The second kappa shape index (κ2) is 7.99. The largest absolute Gasteiger partial charge is 0.416 e. The van der Waals surface area contributed by atoms with Crippen LogP contribution >= 0.6 is 12.4 Å². The lowest BCUT2D eigenvalue weighted by atomic mass is 10.1.